The monoisotopic (exact) mass is 558 g/mol. The number of nitrogens with one attached hydrogen (secondary N) is 2. The first-order valence-corrected chi connectivity index (χ1v) is 12.6. The highest BCUT2D eigenvalue weighted by Gasteiger charge is 2.20. The number of pyridine rings is 1. The molecule has 7 nitrogen and oxygen atoms in total. The molecule has 1 fully saturated rings. The smallest absolute Gasteiger partial charge is 0.208 e. The molecule has 5 rings (SSSR count). The number of ether oxygens (including phenoxy) is 1. The lowest BCUT2D eigenvalue weighted by atomic mass is 9.99. The van der Waals surface area contributed by atoms with E-state index in [4.69, 9.17) is 15.0 Å². The van der Waals surface area contributed by atoms with Crippen molar-refractivity contribution in [2.45, 2.75) is 28.6 Å². The minimum atomic E-state index is 0. The quantitative estimate of drug-likeness (QED) is 0.255. The number of hydrogen-bond donors (Lipinski definition) is 2. The zero-order chi connectivity index (χ0) is 23.2. The van der Waals surface area contributed by atoms with Crippen LogP contribution in [0.4, 0.5) is 10.9 Å². The lowest BCUT2D eigenvalue weighted by Gasteiger charge is -2.19. The maximum atomic E-state index is 9.02. The highest BCUT2D eigenvalue weighted by atomic mass is 35.5. The second-order valence-corrected chi connectivity index (χ2v) is 9.70. The number of benzene rings is 2. The molecule has 2 N–H and O–H groups in total. The number of para-hydroxylation sites is 1. The number of aromatic nitrogens is 3. The Labute approximate surface area is 230 Å². The molecule has 0 saturated carbocycles. The lowest BCUT2D eigenvalue weighted by Crippen LogP contribution is -2.28. The Morgan fingerprint density at radius 3 is 2.61 bits per heavy atom. The van der Waals surface area contributed by atoms with Gasteiger partial charge >= 0.3 is 0 Å². The first kappa shape index (κ1) is 27.7. The van der Waals surface area contributed by atoms with E-state index in [2.05, 4.69) is 26.1 Å². The molecule has 0 amide bonds. The second kappa shape index (κ2) is 13.4. The highest BCUT2D eigenvalue weighted by molar-refractivity contribution is 7.99. The lowest BCUT2D eigenvalue weighted by molar-refractivity contribution is 0.450. The predicted molar refractivity (Wildman–Crippen MR) is 149 cm³/mol. The first-order valence-electron chi connectivity index (χ1n) is 11.0. The Balaban J connectivity index is 0.00000180. The van der Waals surface area contributed by atoms with Gasteiger partial charge in [-0.3, -0.25) is 0 Å². The fourth-order valence-electron chi connectivity index (χ4n) is 3.63. The van der Waals surface area contributed by atoms with E-state index < -0.39 is 0 Å². The molecule has 1 aliphatic rings. The Kier molecular flexibility index (Phi) is 10.3. The van der Waals surface area contributed by atoms with Crippen LogP contribution in [0.2, 0.25) is 0 Å². The largest absolute Gasteiger partial charge is 0.453 e. The van der Waals surface area contributed by atoms with Crippen LogP contribution in [0.5, 0.6) is 11.5 Å². The van der Waals surface area contributed by atoms with Crippen molar-refractivity contribution in [2.24, 2.45) is 0 Å². The molecule has 1 unspecified atom stereocenters. The van der Waals surface area contributed by atoms with Gasteiger partial charge in [-0.15, -0.1) is 24.8 Å². The summed E-state index contributed by atoms with van der Waals surface area (Å²) in [5, 5.41) is 16.4. The van der Waals surface area contributed by atoms with E-state index in [1.54, 1.807) is 18.0 Å². The third kappa shape index (κ3) is 7.09. The number of nitriles is 1. The molecule has 1 aliphatic heterocycles. The van der Waals surface area contributed by atoms with Crippen LogP contribution in [0.3, 0.4) is 0 Å². The molecule has 186 valence electrons. The molecule has 36 heavy (non-hydrogen) atoms. The summed E-state index contributed by atoms with van der Waals surface area (Å²) in [7, 11) is 0. The Morgan fingerprint density at radius 1 is 1.08 bits per heavy atom. The molecule has 1 saturated heterocycles. The van der Waals surface area contributed by atoms with Gasteiger partial charge in [0.25, 0.3) is 0 Å². The summed E-state index contributed by atoms with van der Waals surface area (Å²) in [6.45, 7) is 1.97. The molecule has 0 radical (unpaired) electrons. The zero-order valence-corrected chi connectivity index (χ0v) is 22.4. The predicted octanol–water partition coefficient (Wildman–Crippen LogP) is 6.80. The fourth-order valence-corrected chi connectivity index (χ4v) is 5.09. The molecule has 0 aliphatic carbocycles. The van der Waals surface area contributed by atoms with Gasteiger partial charge in [0, 0.05) is 46.0 Å². The van der Waals surface area contributed by atoms with E-state index in [0.29, 0.717) is 28.2 Å². The van der Waals surface area contributed by atoms with E-state index in [-0.39, 0.29) is 24.8 Å². The summed E-state index contributed by atoms with van der Waals surface area (Å²) in [6, 6.07) is 21.2. The van der Waals surface area contributed by atoms with E-state index in [1.165, 1.54) is 11.5 Å². The third-order valence-corrected chi connectivity index (χ3v) is 6.96. The molecule has 11 heteroatoms. The third-order valence-electron chi connectivity index (χ3n) is 5.35. The normalized spacial score (nSPS) is 14.6. The molecule has 0 bridgehead atoms. The standard InChI is InChI=1S/C25H22N6OS2.2ClH/c26-14-17-8-10-20(11-9-17)33-21-13-22(32-19-6-2-1-3-7-19)24(28-16-21)30-25-29-23(31-34-25)18-5-4-12-27-15-18;;/h1-3,6-11,13,16,18,27H,4-5,12,15H2,(H,28,29,30,31);2*1H. The first-order chi connectivity index (χ1) is 16.8. The molecule has 2 aromatic carbocycles. The van der Waals surface area contributed by atoms with Crippen molar-refractivity contribution in [1.29, 1.82) is 5.26 Å². The van der Waals surface area contributed by atoms with Crippen LogP contribution in [-0.4, -0.2) is 27.4 Å². The topological polar surface area (TPSA) is 95.8 Å². The minimum absolute atomic E-state index is 0. The number of piperidine rings is 1. The molecule has 0 spiro atoms. The fraction of sp³-hybridized carbons (Fsp3) is 0.200. The van der Waals surface area contributed by atoms with E-state index in [9.17, 15) is 0 Å². The maximum Gasteiger partial charge on any atom is 0.208 e. The summed E-state index contributed by atoms with van der Waals surface area (Å²) >= 11 is 2.89. The van der Waals surface area contributed by atoms with Crippen LogP contribution >= 0.6 is 48.1 Å². The summed E-state index contributed by atoms with van der Waals surface area (Å²) in [4.78, 5) is 11.3. The van der Waals surface area contributed by atoms with Gasteiger partial charge in [0.2, 0.25) is 5.13 Å². The number of rotatable bonds is 7. The van der Waals surface area contributed by atoms with Crippen LogP contribution in [0.1, 0.15) is 30.1 Å². The van der Waals surface area contributed by atoms with E-state index in [1.807, 2.05) is 60.7 Å². The average molecular weight is 560 g/mol. The number of halogens is 2. The van der Waals surface area contributed by atoms with Gasteiger partial charge in [-0.25, -0.2) is 9.97 Å². The van der Waals surface area contributed by atoms with Crippen molar-refractivity contribution in [3.8, 4) is 17.6 Å². The summed E-state index contributed by atoms with van der Waals surface area (Å²) in [5.41, 5.74) is 0.635. The number of hydrogen-bond acceptors (Lipinski definition) is 9. The average Bonchev–Trinajstić information content (AvgIpc) is 3.36. The van der Waals surface area contributed by atoms with Crippen molar-refractivity contribution in [3.63, 3.8) is 0 Å². The van der Waals surface area contributed by atoms with Gasteiger partial charge < -0.3 is 15.4 Å². The highest BCUT2D eigenvalue weighted by Crippen LogP contribution is 2.36. The van der Waals surface area contributed by atoms with Gasteiger partial charge in [0.05, 0.1) is 11.6 Å². The van der Waals surface area contributed by atoms with Crippen molar-refractivity contribution in [2.75, 3.05) is 18.4 Å². The Bertz CT molecular complexity index is 1290. The molecule has 3 heterocycles. The van der Waals surface area contributed by atoms with Crippen LogP contribution in [0.25, 0.3) is 0 Å². The molecular formula is C25H24Cl2N6OS2. The van der Waals surface area contributed by atoms with Crippen LogP contribution in [-0.2, 0) is 0 Å². The van der Waals surface area contributed by atoms with Crippen molar-refractivity contribution in [3.05, 3.63) is 78.2 Å². The van der Waals surface area contributed by atoms with Gasteiger partial charge in [0.15, 0.2) is 11.6 Å². The Morgan fingerprint density at radius 2 is 1.89 bits per heavy atom. The van der Waals surface area contributed by atoms with Crippen LogP contribution < -0.4 is 15.4 Å². The van der Waals surface area contributed by atoms with Gasteiger partial charge in [-0.05, 0) is 55.8 Å². The van der Waals surface area contributed by atoms with E-state index >= 15 is 0 Å². The summed E-state index contributed by atoms with van der Waals surface area (Å²) in [6.07, 6.45) is 4.04. The zero-order valence-electron chi connectivity index (χ0n) is 19.1. The van der Waals surface area contributed by atoms with Gasteiger partial charge in [0.1, 0.15) is 11.6 Å². The van der Waals surface area contributed by atoms with Crippen LogP contribution in [0, 0.1) is 11.3 Å². The molecule has 2 aromatic heterocycles. The maximum absolute atomic E-state index is 9.02. The summed E-state index contributed by atoms with van der Waals surface area (Å²) < 4.78 is 10.8. The Hall–Kier alpha value is -2.87. The van der Waals surface area contributed by atoms with E-state index in [0.717, 1.165) is 47.3 Å². The second-order valence-electron chi connectivity index (χ2n) is 7.80. The van der Waals surface area contributed by atoms with Gasteiger partial charge in [-0.2, -0.15) is 9.64 Å². The van der Waals surface area contributed by atoms with Crippen molar-refractivity contribution in [1.82, 2.24) is 19.7 Å². The van der Waals surface area contributed by atoms with Crippen molar-refractivity contribution < 1.29 is 4.74 Å². The molecule has 1 atom stereocenters. The van der Waals surface area contributed by atoms with Gasteiger partial charge in [-0.1, -0.05) is 30.0 Å². The van der Waals surface area contributed by atoms with Crippen molar-refractivity contribution >= 4 is 59.1 Å². The number of nitrogens with zero attached hydrogens (tertiary/aromatic N) is 4. The molecule has 4 aromatic rings. The number of anilines is 2. The summed E-state index contributed by atoms with van der Waals surface area (Å²) in [5.74, 6) is 3.12. The minimum Gasteiger partial charge on any atom is -0.453 e. The molecular weight excluding hydrogens is 535 g/mol. The SMILES string of the molecule is Cl.Cl.N#Cc1ccc(Sc2cnc(Nc3nc(C4CCCNC4)ns3)c(Oc3ccccc3)c2)cc1. The van der Waals surface area contributed by atoms with Crippen LogP contribution in [0.15, 0.2) is 76.7 Å².